The molecule has 26 heavy (non-hydrogen) atoms. The zero-order valence-corrected chi connectivity index (χ0v) is 17.0. The third-order valence-electron chi connectivity index (χ3n) is 5.26. The second kappa shape index (κ2) is 9.09. The number of thioether (sulfide) groups is 1. The molecular formula is C22H27ClN2S. The van der Waals surface area contributed by atoms with Crippen LogP contribution in [0.15, 0.2) is 59.5 Å². The van der Waals surface area contributed by atoms with Crippen molar-refractivity contribution >= 4 is 29.7 Å². The van der Waals surface area contributed by atoms with Gasteiger partial charge < -0.3 is 9.80 Å². The van der Waals surface area contributed by atoms with Gasteiger partial charge in [0.2, 0.25) is 0 Å². The van der Waals surface area contributed by atoms with Crippen LogP contribution in [-0.4, -0.2) is 49.6 Å². The van der Waals surface area contributed by atoms with E-state index >= 15 is 0 Å². The van der Waals surface area contributed by atoms with Crippen LogP contribution in [0.5, 0.6) is 0 Å². The molecule has 0 amide bonds. The Bertz CT molecular complexity index is 717. The molecule has 0 spiro atoms. The van der Waals surface area contributed by atoms with Gasteiger partial charge in [0.15, 0.2) is 0 Å². The zero-order valence-electron chi connectivity index (χ0n) is 15.4. The van der Waals surface area contributed by atoms with Crippen LogP contribution < -0.4 is 0 Å². The van der Waals surface area contributed by atoms with E-state index in [-0.39, 0.29) is 12.4 Å². The van der Waals surface area contributed by atoms with Gasteiger partial charge in [0.05, 0.1) is 0 Å². The van der Waals surface area contributed by atoms with Gasteiger partial charge in [-0.2, -0.15) is 0 Å². The van der Waals surface area contributed by atoms with Crippen LogP contribution in [-0.2, 0) is 5.75 Å². The van der Waals surface area contributed by atoms with E-state index in [1.54, 1.807) is 0 Å². The predicted octanol–water partition coefficient (Wildman–Crippen LogP) is 4.78. The van der Waals surface area contributed by atoms with Crippen molar-refractivity contribution in [3.63, 3.8) is 0 Å². The van der Waals surface area contributed by atoms with Gasteiger partial charge in [-0.05, 0) is 41.8 Å². The van der Waals surface area contributed by atoms with Crippen molar-refractivity contribution in [3.8, 4) is 0 Å². The first-order chi connectivity index (χ1) is 12.3. The molecule has 1 saturated heterocycles. The number of piperazine rings is 1. The standard InChI is InChI=1S/C22H26N2S.ClH/c1-23-13-15-24(16-14-23)12-6-10-20-19-8-3-2-7-18(19)17-25-22-11-5-4-9-21(20)22;/h2-5,7-11H,6,12-17H2,1H3;1H/b20-10+;. The Morgan fingerprint density at radius 2 is 1.62 bits per heavy atom. The van der Waals surface area contributed by atoms with Crippen molar-refractivity contribution in [1.29, 1.82) is 0 Å². The maximum absolute atomic E-state index is 2.60. The van der Waals surface area contributed by atoms with Gasteiger partial charge in [0, 0.05) is 43.4 Å². The lowest BCUT2D eigenvalue weighted by atomic mass is 9.93. The van der Waals surface area contributed by atoms with Crippen LogP contribution in [0.4, 0.5) is 0 Å². The Morgan fingerprint density at radius 3 is 2.42 bits per heavy atom. The molecule has 0 aliphatic carbocycles. The van der Waals surface area contributed by atoms with Gasteiger partial charge in [-0.25, -0.2) is 0 Å². The first-order valence-corrected chi connectivity index (χ1v) is 10.2. The molecule has 2 nitrogen and oxygen atoms in total. The lowest BCUT2D eigenvalue weighted by molar-refractivity contribution is 0.156. The predicted molar refractivity (Wildman–Crippen MR) is 115 cm³/mol. The summed E-state index contributed by atoms with van der Waals surface area (Å²) in [5, 5.41) is 0. The Labute approximate surface area is 167 Å². The summed E-state index contributed by atoms with van der Waals surface area (Å²) in [5.41, 5.74) is 5.69. The number of likely N-dealkylation sites (N-methyl/N-ethyl adjacent to an activating group) is 1. The summed E-state index contributed by atoms with van der Waals surface area (Å²) in [6.45, 7) is 5.94. The topological polar surface area (TPSA) is 6.48 Å². The first kappa shape index (κ1) is 19.5. The smallest absolute Gasteiger partial charge is 0.0238 e. The molecule has 4 rings (SSSR count). The van der Waals surface area contributed by atoms with Crippen LogP contribution in [0.3, 0.4) is 0 Å². The molecule has 2 aliphatic rings. The van der Waals surface area contributed by atoms with E-state index in [9.17, 15) is 0 Å². The fraction of sp³-hybridized carbons (Fsp3) is 0.364. The Balaban J connectivity index is 0.00000196. The number of rotatable bonds is 3. The molecule has 1 fully saturated rings. The molecule has 0 N–H and O–H groups in total. The van der Waals surface area contributed by atoms with Gasteiger partial charge in [0.1, 0.15) is 0 Å². The van der Waals surface area contributed by atoms with E-state index in [2.05, 4.69) is 71.5 Å². The Kier molecular flexibility index (Phi) is 6.82. The molecule has 0 radical (unpaired) electrons. The van der Waals surface area contributed by atoms with Gasteiger partial charge in [0.25, 0.3) is 0 Å². The number of hydrogen-bond donors (Lipinski definition) is 0. The monoisotopic (exact) mass is 386 g/mol. The molecule has 2 aliphatic heterocycles. The molecule has 0 bridgehead atoms. The van der Waals surface area contributed by atoms with E-state index < -0.39 is 0 Å². The lowest BCUT2D eigenvalue weighted by Gasteiger charge is -2.32. The number of hydrogen-bond acceptors (Lipinski definition) is 3. The van der Waals surface area contributed by atoms with E-state index in [4.69, 9.17) is 0 Å². The van der Waals surface area contributed by atoms with Crippen LogP contribution in [0, 0.1) is 0 Å². The third-order valence-corrected chi connectivity index (χ3v) is 6.38. The number of halogens is 1. The minimum atomic E-state index is 0. The number of fused-ring (bicyclic) bond motifs is 2. The molecule has 2 heterocycles. The van der Waals surface area contributed by atoms with Gasteiger partial charge in [-0.15, -0.1) is 24.2 Å². The molecule has 138 valence electrons. The van der Waals surface area contributed by atoms with Crippen LogP contribution in [0.1, 0.15) is 23.1 Å². The molecular weight excluding hydrogens is 360 g/mol. The zero-order chi connectivity index (χ0) is 17.1. The van der Waals surface area contributed by atoms with Crippen molar-refractivity contribution in [3.05, 3.63) is 71.3 Å². The highest BCUT2D eigenvalue weighted by atomic mass is 35.5. The van der Waals surface area contributed by atoms with Crippen molar-refractivity contribution in [2.45, 2.75) is 17.1 Å². The van der Waals surface area contributed by atoms with E-state index in [1.807, 2.05) is 11.8 Å². The summed E-state index contributed by atoms with van der Waals surface area (Å²) in [6.07, 6.45) is 3.59. The van der Waals surface area contributed by atoms with E-state index in [1.165, 1.54) is 53.3 Å². The largest absolute Gasteiger partial charge is 0.304 e. The average molecular weight is 387 g/mol. The van der Waals surface area contributed by atoms with Crippen LogP contribution in [0.25, 0.3) is 5.57 Å². The average Bonchev–Trinajstić information content (AvgIpc) is 2.81. The SMILES string of the molecule is CN1CCN(CC/C=C2\c3ccccc3CSc3ccccc32)CC1.Cl. The summed E-state index contributed by atoms with van der Waals surface area (Å²) < 4.78 is 0. The first-order valence-electron chi connectivity index (χ1n) is 9.23. The molecule has 0 unspecified atom stereocenters. The van der Waals surface area contributed by atoms with E-state index in [0.717, 1.165) is 18.7 Å². The van der Waals surface area contributed by atoms with E-state index in [0.29, 0.717) is 0 Å². The maximum Gasteiger partial charge on any atom is 0.0238 e. The highest BCUT2D eigenvalue weighted by Gasteiger charge is 2.18. The summed E-state index contributed by atoms with van der Waals surface area (Å²) in [5.74, 6) is 1.06. The fourth-order valence-corrected chi connectivity index (χ4v) is 4.78. The van der Waals surface area contributed by atoms with Crippen LogP contribution >= 0.6 is 24.2 Å². The summed E-state index contributed by atoms with van der Waals surface area (Å²) in [6, 6.07) is 17.8. The minimum absolute atomic E-state index is 0. The van der Waals surface area contributed by atoms with Gasteiger partial charge in [-0.3, -0.25) is 0 Å². The molecule has 0 saturated carbocycles. The number of benzene rings is 2. The molecule has 0 atom stereocenters. The van der Waals surface area contributed by atoms with Gasteiger partial charge >= 0.3 is 0 Å². The minimum Gasteiger partial charge on any atom is -0.304 e. The molecule has 4 heteroatoms. The maximum atomic E-state index is 2.60. The fourth-order valence-electron chi connectivity index (χ4n) is 3.71. The van der Waals surface area contributed by atoms with Crippen molar-refractivity contribution in [1.82, 2.24) is 9.80 Å². The Morgan fingerprint density at radius 1 is 0.923 bits per heavy atom. The quantitative estimate of drug-likeness (QED) is 0.749. The summed E-state index contributed by atoms with van der Waals surface area (Å²) in [7, 11) is 2.22. The molecule has 2 aromatic carbocycles. The Hall–Kier alpha value is -1.26. The third kappa shape index (κ3) is 4.34. The normalized spacial score (nSPS) is 19.3. The lowest BCUT2D eigenvalue weighted by Crippen LogP contribution is -2.44. The van der Waals surface area contributed by atoms with Crippen molar-refractivity contribution < 1.29 is 0 Å². The highest BCUT2D eigenvalue weighted by molar-refractivity contribution is 7.98. The molecule has 0 aromatic heterocycles. The van der Waals surface area contributed by atoms with Crippen LogP contribution in [0.2, 0.25) is 0 Å². The summed E-state index contributed by atoms with van der Waals surface area (Å²) >= 11 is 1.96. The summed E-state index contributed by atoms with van der Waals surface area (Å²) in [4.78, 5) is 6.43. The van der Waals surface area contributed by atoms with Crippen molar-refractivity contribution in [2.75, 3.05) is 39.8 Å². The highest BCUT2D eigenvalue weighted by Crippen LogP contribution is 2.40. The number of nitrogens with zero attached hydrogens (tertiary/aromatic N) is 2. The second-order valence-corrected chi connectivity index (χ2v) is 8.01. The molecule has 2 aromatic rings. The second-order valence-electron chi connectivity index (χ2n) is 6.99. The van der Waals surface area contributed by atoms with Gasteiger partial charge in [-0.1, -0.05) is 48.5 Å². The van der Waals surface area contributed by atoms with Crippen molar-refractivity contribution in [2.24, 2.45) is 0 Å².